The van der Waals surface area contributed by atoms with Crippen molar-refractivity contribution in [2.45, 2.75) is 32.4 Å². The van der Waals surface area contributed by atoms with Crippen LogP contribution >= 0.6 is 0 Å². The van der Waals surface area contributed by atoms with Crippen molar-refractivity contribution in [2.24, 2.45) is 0 Å². The minimum Gasteiger partial charge on any atom is -0.465 e. The maximum absolute atomic E-state index is 11.4. The second kappa shape index (κ2) is 12.1. The van der Waals surface area contributed by atoms with E-state index in [1.165, 1.54) is 4.90 Å². The number of ether oxygens (including phenoxy) is 1. The summed E-state index contributed by atoms with van der Waals surface area (Å²) in [5, 5.41) is 18.2. The number of aromatic nitrogens is 4. The maximum atomic E-state index is 11.4. The third-order valence-electron chi connectivity index (χ3n) is 7.32. The third-order valence-corrected chi connectivity index (χ3v) is 7.32. The zero-order valence-electron chi connectivity index (χ0n) is 23.2. The van der Waals surface area contributed by atoms with E-state index in [1.54, 1.807) is 18.6 Å². The van der Waals surface area contributed by atoms with Crippen molar-refractivity contribution in [1.29, 1.82) is 0 Å². The average molecular weight is 562 g/mol. The number of pyridine rings is 2. The summed E-state index contributed by atoms with van der Waals surface area (Å²) in [7, 11) is 0. The Morgan fingerprint density at radius 1 is 0.976 bits per heavy atom. The number of carboxylic acid groups (broad SMARTS) is 1. The Morgan fingerprint density at radius 3 is 2.74 bits per heavy atom. The smallest absolute Gasteiger partial charge is 0.407 e. The van der Waals surface area contributed by atoms with Gasteiger partial charge >= 0.3 is 6.09 Å². The summed E-state index contributed by atoms with van der Waals surface area (Å²) >= 11 is 0. The first-order chi connectivity index (χ1) is 20.5. The van der Waals surface area contributed by atoms with Crippen molar-refractivity contribution in [3.63, 3.8) is 0 Å². The van der Waals surface area contributed by atoms with Crippen LogP contribution in [0.1, 0.15) is 24.1 Å². The highest BCUT2D eigenvalue weighted by molar-refractivity contribution is 5.98. The molecule has 1 fully saturated rings. The quantitative estimate of drug-likeness (QED) is 0.199. The largest absolute Gasteiger partial charge is 0.465 e. The Kier molecular flexibility index (Phi) is 7.76. The van der Waals surface area contributed by atoms with Gasteiger partial charge < -0.3 is 25.4 Å². The van der Waals surface area contributed by atoms with Crippen molar-refractivity contribution >= 4 is 28.5 Å². The van der Waals surface area contributed by atoms with Gasteiger partial charge in [-0.25, -0.2) is 19.7 Å². The number of rotatable bonds is 8. The molecule has 1 atom stereocenters. The van der Waals surface area contributed by atoms with Crippen LogP contribution in [0.5, 0.6) is 11.6 Å². The molecule has 1 unspecified atom stereocenters. The zero-order valence-corrected chi connectivity index (χ0v) is 23.2. The molecule has 10 heteroatoms. The lowest BCUT2D eigenvalue weighted by molar-refractivity contribution is 0.132. The van der Waals surface area contributed by atoms with Crippen molar-refractivity contribution in [2.75, 3.05) is 23.7 Å². The topological polar surface area (TPSA) is 125 Å². The summed E-state index contributed by atoms with van der Waals surface area (Å²) in [6.07, 6.45) is 5.89. The standard InChI is InChI=1S/C32H31N7O3/c1-21-12-13-24-25(9-4-11-27(24)36-19-22-7-2-3-15-33-22)29(21)42-30-26(10-5-16-34-30)28-14-17-35-31(38-28)37-23-8-6-18-39(20-23)32(40)41/h2-5,7,9-17,23,36H,6,8,18-20H2,1H3,(H,40,41)(H,35,37,38). The van der Waals surface area contributed by atoms with Crippen molar-refractivity contribution < 1.29 is 14.6 Å². The van der Waals surface area contributed by atoms with E-state index < -0.39 is 6.09 Å². The first kappa shape index (κ1) is 26.9. The molecule has 3 N–H and O–H groups in total. The predicted octanol–water partition coefficient (Wildman–Crippen LogP) is 6.35. The number of carbonyl (C=O) groups is 1. The summed E-state index contributed by atoms with van der Waals surface area (Å²) in [5.74, 6) is 1.58. The number of hydrogen-bond acceptors (Lipinski definition) is 8. The van der Waals surface area contributed by atoms with Gasteiger partial charge in [0.15, 0.2) is 0 Å². The predicted molar refractivity (Wildman–Crippen MR) is 162 cm³/mol. The Balaban J connectivity index is 1.27. The fourth-order valence-electron chi connectivity index (χ4n) is 5.21. The van der Waals surface area contributed by atoms with E-state index in [2.05, 4.69) is 31.7 Å². The van der Waals surface area contributed by atoms with E-state index in [1.807, 2.05) is 67.6 Å². The first-order valence-electron chi connectivity index (χ1n) is 13.9. The van der Waals surface area contributed by atoms with Gasteiger partial charge in [-0.3, -0.25) is 4.98 Å². The summed E-state index contributed by atoms with van der Waals surface area (Å²) in [6, 6.07) is 21.6. The van der Waals surface area contributed by atoms with Crippen LogP contribution in [0.2, 0.25) is 0 Å². The van der Waals surface area contributed by atoms with Crippen molar-refractivity contribution in [1.82, 2.24) is 24.8 Å². The van der Waals surface area contributed by atoms with Crippen LogP contribution in [0, 0.1) is 6.92 Å². The van der Waals surface area contributed by atoms with Gasteiger partial charge in [-0.1, -0.05) is 30.3 Å². The molecule has 3 aromatic heterocycles. The third kappa shape index (κ3) is 5.92. The molecule has 1 aliphatic heterocycles. The number of nitrogens with one attached hydrogen (secondary N) is 2. The average Bonchev–Trinajstić information content (AvgIpc) is 3.02. The van der Waals surface area contributed by atoms with E-state index in [0.29, 0.717) is 37.2 Å². The molecule has 0 aliphatic carbocycles. The second-order valence-corrected chi connectivity index (χ2v) is 10.2. The number of piperidine rings is 1. The highest BCUT2D eigenvalue weighted by Crippen LogP contribution is 2.38. The number of amides is 1. The number of benzene rings is 2. The van der Waals surface area contributed by atoms with E-state index in [-0.39, 0.29) is 6.04 Å². The van der Waals surface area contributed by atoms with Crippen molar-refractivity contribution in [3.05, 3.63) is 96.6 Å². The van der Waals surface area contributed by atoms with E-state index >= 15 is 0 Å². The Labute approximate surface area is 243 Å². The number of hydrogen-bond donors (Lipinski definition) is 3. The monoisotopic (exact) mass is 561 g/mol. The molecule has 212 valence electrons. The van der Waals surface area contributed by atoms with Gasteiger partial charge in [-0.15, -0.1) is 0 Å². The fourth-order valence-corrected chi connectivity index (χ4v) is 5.21. The number of likely N-dealkylation sites (tertiary alicyclic amines) is 1. The molecule has 2 aromatic carbocycles. The summed E-state index contributed by atoms with van der Waals surface area (Å²) < 4.78 is 6.55. The molecule has 4 heterocycles. The molecule has 1 saturated heterocycles. The van der Waals surface area contributed by atoms with E-state index in [0.717, 1.165) is 51.9 Å². The maximum Gasteiger partial charge on any atom is 0.407 e. The fraction of sp³-hybridized carbons (Fsp3) is 0.219. The molecule has 0 radical (unpaired) electrons. The zero-order chi connectivity index (χ0) is 28.9. The number of nitrogens with zero attached hydrogens (tertiary/aromatic N) is 5. The number of aryl methyl sites for hydroxylation is 1. The van der Waals surface area contributed by atoms with Crippen LogP contribution in [-0.4, -0.2) is 55.2 Å². The lowest BCUT2D eigenvalue weighted by Gasteiger charge is -2.31. The molecule has 0 bridgehead atoms. The van der Waals surface area contributed by atoms with Crippen LogP contribution in [0.15, 0.2) is 85.3 Å². The lowest BCUT2D eigenvalue weighted by atomic mass is 10.0. The van der Waals surface area contributed by atoms with Gasteiger partial charge in [-0.05, 0) is 61.7 Å². The molecular formula is C32H31N7O3. The van der Waals surface area contributed by atoms with Crippen LogP contribution in [0.25, 0.3) is 22.0 Å². The molecule has 0 saturated carbocycles. The van der Waals surface area contributed by atoms with E-state index in [4.69, 9.17) is 9.72 Å². The molecule has 1 amide bonds. The van der Waals surface area contributed by atoms with E-state index in [9.17, 15) is 9.90 Å². The SMILES string of the molecule is Cc1ccc2c(NCc3ccccn3)cccc2c1Oc1ncccc1-c1ccnc(NC2CCCN(C(=O)O)C2)n1. The number of anilines is 2. The molecule has 6 rings (SSSR count). The first-order valence-corrected chi connectivity index (χ1v) is 13.9. The normalized spacial score (nSPS) is 14.9. The van der Waals surface area contributed by atoms with Gasteiger partial charge in [0.05, 0.1) is 23.5 Å². The molecule has 42 heavy (non-hydrogen) atoms. The van der Waals surface area contributed by atoms with Gasteiger partial charge in [0, 0.05) is 54.2 Å². The molecule has 1 aliphatic rings. The van der Waals surface area contributed by atoms with Gasteiger partial charge in [0.2, 0.25) is 11.8 Å². The number of fused-ring (bicyclic) bond motifs is 1. The van der Waals surface area contributed by atoms with Gasteiger partial charge in [-0.2, -0.15) is 0 Å². The van der Waals surface area contributed by atoms with Gasteiger partial charge in [0.25, 0.3) is 0 Å². The summed E-state index contributed by atoms with van der Waals surface area (Å²) in [5.41, 5.74) is 4.29. The Morgan fingerprint density at radius 2 is 1.88 bits per heavy atom. The minimum absolute atomic E-state index is 0.0615. The van der Waals surface area contributed by atoms with Gasteiger partial charge in [0.1, 0.15) is 5.75 Å². The minimum atomic E-state index is -0.909. The molecule has 10 nitrogen and oxygen atoms in total. The highest BCUT2D eigenvalue weighted by atomic mass is 16.5. The lowest BCUT2D eigenvalue weighted by Crippen LogP contribution is -2.44. The molecule has 0 spiro atoms. The molecular weight excluding hydrogens is 530 g/mol. The molecule has 5 aromatic rings. The van der Waals surface area contributed by atoms with Crippen LogP contribution in [-0.2, 0) is 6.54 Å². The van der Waals surface area contributed by atoms with Crippen LogP contribution in [0.4, 0.5) is 16.4 Å². The highest BCUT2D eigenvalue weighted by Gasteiger charge is 2.24. The summed E-state index contributed by atoms with van der Waals surface area (Å²) in [4.78, 5) is 31.0. The van der Waals surface area contributed by atoms with Crippen LogP contribution < -0.4 is 15.4 Å². The van der Waals surface area contributed by atoms with Crippen LogP contribution in [0.3, 0.4) is 0 Å². The second-order valence-electron chi connectivity index (χ2n) is 10.2. The summed E-state index contributed by atoms with van der Waals surface area (Å²) in [6.45, 7) is 3.56. The Hall–Kier alpha value is -5.25. The van der Waals surface area contributed by atoms with Crippen molar-refractivity contribution in [3.8, 4) is 22.9 Å². The Bertz CT molecular complexity index is 1710.